The SMILES string of the molecule is CCc1nnc(SCC(=O)Nc2ccc(OC)cc2OC)n1-c1ccccc1. The minimum atomic E-state index is -0.158. The van der Waals surface area contributed by atoms with Crippen LogP contribution in [0, 0.1) is 0 Å². The molecule has 28 heavy (non-hydrogen) atoms. The predicted octanol–water partition coefficient (Wildman–Crippen LogP) is 3.58. The van der Waals surface area contributed by atoms with Crippen LogP contribution in [0.15, 0.2) is 53.7 Å². The number of carbonyl (C=O) groups is 1. The molecule has 0 radical (unpaired) electrons. The second-order valence-electron chi connectivity index (χ2n) is 5.83. The zero-order chi connectivity index (χ0) is 19.9. The van der Waals surface area contributed by atoms with E-state index in [4.69, 9.17) is 9.47 Å². The number of ether oxygens (including phenoxy) is 2. The molecular formula is C20H22N4O3S. The standard InChI is InChI=1S/C20H22N4O3S/c1-4-18-22-23-20(24(18)14-8-6-5-7-9-14)28-13-19(25)21-16-11-10-15(26-2)12-17(16)27-3/h5-12H,4,13H2,1-3H3,(H,21,25). The highest BCUT2D eigenvalue weighted by Gasteiger charge is 2.15. The molecule has 0 spiro atoms. The number of rotatable bonds is 8. The van der Waals surface area contributed by atoms with Gasteiger partial charge in [0.15, 0.2) is 5.16 Å². The van der Waals surface area contributed by atoms with Gasteiger partial charge >= 0.3 is 0 Å². The van der Waals surface area contributed by atoms with Crippen LogP contribution in [-0.2, 0) is 11.2 Å². The van der Waals surface area contributed by atoms with Crippen molar-refractivity contribution in [1.82, 2.24) is 14.8 Å². The Kier molecular flexibility index (Phi) is 6.54. The summed E-state index contributed by atoms with van der Waals surface area (Å²) in [6, 6.07) is 15.1. The van der Waals surface area contributed by atoms with E-state index >= 15 is 0 Å². The number of methoxy groups -OCH3 is 2. The van der Waals surface area contributed by atoms with Crippen molar-refractivity contribution in [2.75, 3.05) is 25.3 Å². The van der Waals surface area contributed by atoms with E-state index in [1.165, 1.54) is 11.8 Å². The van der Waals surface area contributed by atoms with Crippen molar-refractivity contribution in [3.05, 3.63) is 54.4 Å². The van der Waals surface area contributed by atoms with Gasteiger partial charge in [0.05, 0.1) is 25.7 Å². The van der Waals surface area contributed by atoms with Crippen LogP contribution in [0.1, 0.15) is 12.7 Å². The molecule has 7 nitrogen and oxygen atoms in total. The Hall–Kier alpha value is -3.00. The zero-order valence-corrected chi connectivity index (χ0v) is 16.8. The van der Waals surface area contributed by atoms with Crippen LogP contribution in [0.25, 0.3) is 5.69 Å². The number of amides is 1. The Balaban J connectivity index is 1.71. The number of hydrogen-bond acceptors (Lipinski definition) is 6. The fourth-order valence-electron chi connectivity index (χ4n) is 2.68. The van der Waals surface area contributed by atoms with Gasteiger partial charge in [0, 0.05) is 18.2 Å². The van der Waals surface area contributed by atoms with Gasteiger partial charge in [-0.2, -0.15) is 0 Å². The molecule has 0 fully saturated rings. The van der Waals surface area contributed by atoms with E-state index in [-0.39, 0.29) is 11.7 Å². The van der Waals surface area contributed by atoms with Gasteiger partial charge in [0.25, 0.3) is 0 Å². The van der Waals surface area contributed by atoms with Crippen LogP contribution in [0.3, 0.4) is 0 Å². The van der Waals surface area contributed by atoms with Crippen molar-refractivity contribution in [3.63, 3.8) is 0 Å². The average Bonchev–Trinajstić information content (AvgIpc) is 3.16. The average molecular weight is 398 g/mol. The maximum atomic E-state index is 12.5. The van der Waals surface area contributed by atoms with E-state index in [9.17, 15) is 4.79 Å². The van der Waals surface area contributed by atoms with Gasteiger partial charge in [-0.25, -0.2) is 0 Å². The number of nitrogens with one attached hydrogen (secondary N) is 1. The molecule has 0 saturated carbocycles. The number of anilines is 1. The van der Waals surface area contributed by atoms with E-state index in [0.29, 0.717) is 22.3 Å². The minimum absolute atomic E-state index is 0.158. The molecule has 2 aromatic carbocycles. The summed E-state index contributed by atoms with van der Waals surface area (Å²) in [5.74, 6) is 2.09. The highest BCUT2D eigenvalue weighted by Crippen LogP contribution is 2.29. The highest BCUT2D eigenvalue weighted by molar-refractivity contribution is 7.99. The molecule has 146 valence electrons. The Morgan fingerprint density at radius 1 is 1.11 bits per heavy atom. The lowest BCUT2D eigenvalue weighted by Crippen LogP contribution is -2.15. The van der Waals surface area contributed by atoms with Crippen molar-refractivity contribution in [2.24, 2.45) is 0 Å². The number of nitrogens with zero attached hydrogens (tertiary/aromatic N) is 3. The summed E-state index contributed by atoms with van der Waals surface area (Å²) in [4.78, 5) is 12.5. The summed E-state index contributed by atoms with van der Waals surface area (Å²) in [5.41, 5.74) is 1.57. The van der Waals surface area contributed by atoms with Crippen molar-refractivity contribution < 1.29 is 14.3 Å². The van der Waals surface area contributed by atoms with Crippen LogP contribution in [0.2, 0.25) is 0 Å². The molecule has 3 aromatic rings. The summed E-state index contributed by atoms with van der Waals surface area (Å²) >= 11 is 1.34. The smallest absolute Gasteiger partial charge is 0.234 e. The Labute approximate surface area is 168 Å². The first-order valence-corrected chi connectivity index (χ1v) is 9.79. The quantitative estimate of drug-likeness (QED) is 0.585. The number of hydrogen-bond donors (Lipinski definition) is 1. The molecule has 1 heterocycles. The van der Waals surface area contributed by atoms with Gasteiger partial charge < -0.3 is 14.8 Å². The summed E-state index contributed by atoms with van der Waals surface area (Å²) < 4.78 is 12.5. The number of aromatic nitrogens is 3. The van der Waals surface area contributed by atoms with Gasteiger partial charge in [0.2, 0.25) is 5.91 Å². The molecule has 3 rings (SSSR count). The van der Waals surface area contributed by atoms with Crippen molar-refractivity contribution >= 4 is 23.4 Å². The molecule has 0 atom stereocenters. The monoisotopic (exact) mass is 398 g/mol. The number of aryl methyl sites for hydroxylation is 1. The third-order valence-corrected chi connectivity index (χ3v) is 4.98. The first-order valence-electron chi connectivity index (χ1n) is 8.80. The Bertz CT molecular complexity index is 944. The van der Waals surface area contributed by atoms with E-state index < -0.39 is 0 Å². The lowest BCUT2D eigenvalue weighted by molar-refractivity contribution is -0.113. The number of benzene rings is 2. The van der Waals surface area contributed by atoms with Crippen molar-refractivity contribution in [1.29, 1.82) is 0 Å². The second-order valence-corrected chi connectivity index (χ2v) is 6.77. The van der Waals surface area contributed by atoms with Crippen LogP contribution < -0.4 is 14.8 Å². The first-order chi connectivity index (χ1) is 13.7. The van der Waals surface area contributed by atoms with Gasteiger partial charge in [-0.1, -0.05) is 36.9 Å². The Morgan fingerprint density at radius 2 is 1.89 bits per heavy atom. The molecule has 8 heteroatoms. The van der Waals surface area contributed by atoms with Gasteiger partial charge in [-0.15, -0.1) is 10.2 Å². The van der Waals surface area contributed by atoms with Crippen LogP contribution >= 0.6 is 11.8 Å². The summed E-state index contributed by atoms with van der Waals surface area (Å²) in [7, 11) is 3.13. The van der Waals surface area contributed by atoms with Crippen LogP contribution in [0.5, 0.6) is 11.5 Å². The predicted molar refractivity (Wildman–Crippen MR) is 110 cm³/mol. The largest absolute Gasteiger partial charge is 0.497 e. The van der Waals surface area contributed by atoms with Gasteiger partial charge in [-0.3, -0.25) is 9.36 Å². The second kappa shape index (κ2) is 9.27. The topological polar surface area (TPSA) is 78.3 Å². The third-order valence-electron chi connectivity index (χ3n) is 4.05. The fourth-order valence-corrected chi connectivity index (χ4v) is 3.45. The fraction of sp³-hybridized carbons (Fsp3) is 0.250. The molecular weight excluding hydrogens is 376 g/mol. The molecule has 0 bridgehead atoms. The molecule has 0 aliphatic heterocycles. The van der Waals surface area contributed by atoms with Crippen molar-refractivity contribution in [2.45, 2.75) is 18.5 Å². The number of carbonyl (C=O) groups excluding carboxylic acids is 1. The van der Waals surface area contributed by atoms with Crippen LogP contribution in [0.4, 0.5) is 5.69 Å². The maximum absolute atomic E-state index is 12.5. The molecule has 0 unspecified atom stereocenters. The summed E-state index contributed by atoms with van der Waals surface area (Å²) in [6.45, 7) is 2.03. The van der Waals surface area contributed by atoms with Gasteiger partial charge in [0.1, 0.15) is 17.3 Å². The third kappa shape index (κ3) is 4.45. The normalized spacial score (nSPS) is 10.5. The molecule has 0 aliphatic rings. The molecule has 0 aliphatic carbocycles. The molecule has 0 saturated heterocycles. The van der Waals surface area contributed by atoms with Crippen molar-refractivity contribution in [3.8, 4) is 17.2 Å². The lowest BCUT2D eigenvalue weighted by atomic mass is 10.2. The van der Waals surface area contributed by atoms with E-state index in [0.717, 1.165) is 17.9 Å². The van der Waals surface area contributed by atoms with E-state index in [1.54, 1.807) is 32.4 Å². The number of para-hydroxylation sites is 1. The molecule has 1 amide bonds. The molecule has 1 N–H and O–H groups in total. The summed E-state index contributed by atoms with van der Waals surface area (Å²) in [6.07, 6.45) is 0.748. The van der Waals surface area contributed by atoms with E-state index in [1.807, 2.05) is 41.8 Å². The highest BCUT2D eigenvalue weighted by atomic mass is 32.2. The number of thioether (sulfide) groups is 1. The van der Waals surface area contributed by atoms with E-state index in [2.05, 4.69) is 15.5 Å². The summed E-state index contributed by atoms with van der Waals surface area (Å²) in [5, 5.41) is 12.0. The molecule has 1 aromatic heterocycles. The maximum Gasteiger partial charge on any atom is 0.234 e. The first kappa shape index (κ1) is 19.8. The zero-order valence-electron chi connectivity index (χ0n) is 16.0. The lowest BCUT2D eigenvalue weighted by Gasteiger charge is -2.12. The Morgan fingerprint density at radius 3 is 2.57 bits per heavy atom. The van der Waals surface area contributed by atoms with Gasteiger partial charge in [-0.05, 0) is 24.3 Å². The minimum Gasteiger partial charge on any atom is -0.497 e. The van der Waals surface area contributed by atoms with Crippen LogP contribution in [-0.4, -0.2) is 40.6 Å².